The van der Waals surface area contributed by atoms with Crippen LogP contribution in [0.25, 0.3) is 0 Å². The van der Waals surface area contributed by atoms with Gasteiger partial charge in [-0.15, -0.1) is 0 Å². The van der Waals surface area contributed by atoms with Gasteiger partial charge in [0.2, 0.25) is 0 Å². The molecule has 0 bridgehead atoms. The molecule has 7 nitrogen and oxygen atoms in total. The average Bonchev–Trinajstić information content (AvgIpc) is 2.00. The number of carboxylic acid groups (broad SMARTS) is 3. The molecule has 0 rings (SSSR count). The van der Waals surface area contributed by atoms with Gasteiger partial charge in [-0.05, 0) is 0 Å². The van der Waals surface area contributed by atoms with Crippen molar-refractivity contribution in [3.05, 3.63) is 0 Å². The summed E-state index contributed by atoms with van der Waals surface area (Å²) in [5.41, 5.74) is 0. The Morgan fingerprint density at radius 3 is 1.71 bits per heavy atom. The van der Waals surface area contributed by atoms with Gasteiger partial charge >= 0.3 is 107 Å². The van der Waals surface area contributed by atoms with E-state index in [-0.39, 0.29) is 102 Å². The van der Waals surface area contributed by atoms with Crippen LogP contribution in [-0.2, 0) is 14.4 Å². The van der Waals surface area contributed by atoms with E-state index in [1.807, 2.05) is 0 Å². The Morgan fingerprint density at radius 2 is 1.41 bits per heavy atom. The normalized spacial score (nSPS) is 9.88. The molecule has 0 spiro atoms. The standard InChI is InChI=1S/C7H11NO6.3Na.3H/c9-5(10)1-2-8-4(7(13)14)3-6(11)12;;;;;;/h4,8H,1-3H2,(H,9,10)(H,11,12)(H,13,14);;;;;;/t4-;;;;;;/m0....../s1. The molecule has 10 heteroatoms. The van der Waals surface area contributed by atoms with Crippen molar-refractivity contribution in [2.75, 3.05) is 6.54 Å². The average molecular weight is 277 g/mol. The number of rotatable bonds is 7. The molecule has 0 saturated carbocycles. The fourth-order valence-electron chi connectivity index (χ4n) is 0.775. The minimum absolute atomic E-state index is 0. The molecule has 0 aromatic rings. The Bertz CT molecular complexity index is 250. The van der Waals surface area contributed by atoms with Crippen LogP contribution in [0.2, 0.25) is 0 Å². The number of aliphatic carboxylic acids is 3. The Labute approximate surface area is 165 Å². The molecular formula is C7H14NNa3O6. The van der Waals surface area contributed by atoms with Crippen LogP contribution < -0.4 is 5.32 Å². The summed E-state index contributed by atoms with van der Waals surface area (Å²) < 4.78 is 0. The second-order valence-electron chi connectivity index (χ2n) is 2.59. The monoisotopic (exact) mass is 277 g/mol. The fourth-order valence-corrected chi connectivity index (χ4v) is 0.775. The third kappa shape index (κ3) is 17.4. The molecule has 0 aromatic carbocycles. The number of nitrogens with one attached hydrogen (secondary N) is 1. The quantitative estimate of drug-likeness (QED) is 0.366. The van der Waals surface area contributed by atoms with Crippen molar-refractivity contribution >= 4 is 107 Å². The predicted molar refractivity (Wildman–Crippen MR) is 65.4 cm³/mol. The van der Waals surface area contributed by atoms with Gasteiger partial charge in [0.15, 0.2) is 0 Å². The molecule has 0 aliphatic heterocycles. The fraction of sp³-hybridized carbons (Fsp3) is 0.571. The van der Waals surface area contributed by atoms with Gasteiger partial charge in [0, 0.05) is 6.54 Å². The number of hydrogen-bond donors (Lipinski definition) is 4. The number of carboxylic acids is 3. The number of hydrogen-bond acceptors (Lipinski definition) is 4. The first-order valence-electron chi connectivity index (χ1n) is 3.83. The van der Waals surface area contributed by atoms with E-state index in [9.17, 15) is 14.4 Å². The van der Waals surface area contributed by atoms with Crippen molar-refractivity contribution < 1.29 is 29.7 Å². The first kappa shape index (κ1) is 26.8. The van der Waals surface area contributed by atoms with E-state index in [0.717, 1.165) is 0 Å². The maximum absolute atomic E-state index is 10.4. The van der Waals surface area contributed by atoms with Gasteiger partial charge < -0.3 is 20.6 Å². The van der Waals surface area contributed by atoms with Gasteiger partial charge in [0.05, 0.1) is 12.8 Å². The second-order valence-corrected chi connectivity index (χ2v) is 2.59. The predicted octanol–water partition coefficient (Wildman–Crippen LogP) is -2.97. The third-order valence-corrected chi connectivity index (χ3v) is 1.41. The Kier molecular flexibility index (Phi) is 24.4. The third-order valence-electron chi connectivity index (χ3n) is 1.41. The molecule has 17 heavy (non-hydrogen) atoms. The summed E-state index contributed by atoms with van der Waals surface area (Å²) in [5, 5.41) is 27.4. The van der Waals surface area contributed by atoms with Crippen LogP contribution >= 0.6 is 0 Å². The topological polar surface area (TPSA) is 124 Å². The van der Waals surface area contributed by atoms with Crippen LogP contribution in [-0.4, -0.2) is 134 Å². The van der Waals surface area contributed by atoms with E-state index in [1.165, 1.54) is 0 Å². The number of carbonyl (C=O) groups is 3. The summed E-state index contributed by atoms with van der Waals surface area (Å²) >= 11 is 0. The van der Waals surface area contributed by atoms with Crippen LogP contribution in [0.5, 0.6) is 0 Å². The van der Waals surface area contributed by atoms with Crippen molar-refractivity contribution in [1.82, 2.24) is 5.32 Å². The van der Waals surface area contributed by atoms with Gasteiger partial charge in [-0.25, -0.2) is 0 Å². The SMILES string of the molecule is O=C(O)CCN[C@@H](CC(=O)O)C(=O)O.[NaH].[NaH].[NaH]. The molecule has 4 N–H and O–H groups in total. The molecule has 0 radical (unpaired) electrons. The van der Waals surface area contributed by atoms with Crippen molar-refractivity contribution in [2.24, 2.45) is 0 Å². The van der Waals surface area contributed by atoms with Crippen LogP contribution in [0, 0.1) is 0 Å². The van der Waals surface area contributed by atoms with E-state index in [2.05, 4.69) is 5.32 Å². The van der Waals surface area contributed by atoms with Gasteiger partial charge in [-0.2, -0.15) is 0 Å². The summed E-state index contributed by atoms with van der Waals surface area (Å²) in [4.78, 5) is 30.7. The van der Waals surface area contributed by atoms with Gasteiger partial charge in [-0.1, -0.05) is 0 Å². The Hall–Kier alpha value is 1.37. The van der Waals surface area contributed by atoms with Gasteiger partial charge in [0.1, 0.15) is 6.04 Å². The molecule has 0 aromatic heterocycles. The van der Waals surface area contributed by atoms with Crippen molar-refractivity contribution in [2.45, 2.75) is 18.9 Å². The zero-order valence-electron chi connectivity index (χ0n) is 7.27. The summed E-state index contributed by atoms with van der Waals surface area (Å²) in [7, 11) is 0. The second kappa shape index (κ2) is 15.4. The molecule has 0 aliphatic rings. The molecule has 0 unspecified atom stereocenters. The van der Waals surface area contributed by atoms with Crippen LogP contribution in [0.3, 0.4) is 0 Å². The molecular weight excluding hydrogens is 263 g/mol. The Morgan fingerprint density at radius 1 is 0.941 bits per heavy atom. The van der Waals surface area contributed by atoms with E-state index in [4.69, 9.17) is 15.3 Å². The molecule has 0 saturated heterocycles. The van der Waals surface area contributed by atoms with Crippen LogP contribution in [0.15, 0.2) is 0 Å². The molecule has 0 fully saturated rings. The summed E-state index contributed by atoms with van der Waals surface area (Å²) in [6, 6.07) is -1.24. The van der Waals surface area contributed by atoms with E-state index in [1.54, 1.807) is 0 Å². The molecule has 86 valence electrons. The maximum atomic E-state index is 10.4. The molecule has 0 amide bonds. The summed E-state index contributed by atoms with van der Waals surface area (Å²) in [6.07, 6.45) is -0.821. The van der Waals surface area contributed by atoms with E-state index < -0.39 is 30.4 Å². The van der Waals surface area contributed by atoms with Crippen LogP contribution in [0.4, 0.5) is 0 Å². The molecule has 1 atom stereocenters. The van der Waals surface area contributed by atoms with Crippen LogP contribution in [0.1, 0.15) is 12.8 Å². The molecule has 0 aliphatic carbocycles. The van der Waals surface area contributed by atoms with Crippen molar-refractivity contribution in [3.63, 3.8) is 0 Å². The minimum atomic E-state index is -1.31. The van der Waals surface area contributed by atoms with Crippen molar-refractivity contribution in [1.29, 1.82) is 0 Å². The first-order valence-corrected chi connectivity index (χ1v) is 3.83. The van der Waals surface area contributed by atoms with Crippen molar-refractivity contribution in [3.8, 4) is 0 Å². The summed E-state index contributed by atoms with van der Waals surface area (Å²) in [6.45, 7) is -0.0699. The first-order chi connectivity index (χ1) is 6.43. The van der Waals surface area contributed by atoms with E-state index in [0.29, 0.717) is 0 Å². The zero-order chi connectivity index (χ0) is 11.1. The summed E-state index contributed by atoms with van der Waals surface area (Å²) in [5.74, 6) is -3.63. The van der Waals surface area contributed by atoms with Gasteiger partial charge in [0.25, 0.3) is 0 Å². The Balaban J connectivity index is -0.000000282. The molecule has 0 heterocycles. The zero-order valence-corrected chi connectivity index (χ0v) is 7.27. The van der Waals surface area contributed by atoms with E-state index >= 15 is 0 Å². The van der Waals surface area contributed by atoms with Gasteiger partial charge in [-0.3, -0.25) is 14.4 Å².